The van der Waals surface area contributed by atoms with Crippen molar-refractivity contribution in [3.63, 3.8) is 0 Å². The largest absolute Gasteiger partial charge is 0.378 e. The Hall–Kier alpha value is -0.600. The number of alkyl halides is 1. The van der Waals surface area contributed by atoms with Gasteiger partial charge >= 0.3 is 0 Å². The highest BCUT2D eigenvalue weighted by Gasteiger charge is 1.82. The normalized spacial score (nSPS) is 15.1. The number of aliphatic hydroxyl groups is 1. The molecule has 0 saturated heterocycles. The SMILES string of the molecule is C=C/C=C/C=C/C=C/C(O)Br. The van der Waals surface area contributed by atoms with Gasteiger partial charge in [-0.1, -0.05) is 59.0 Å². The van der Waals surface area contributed by atoms with E-state index in [-0.39, 0.29) is 0 Å². The first-order valence-corrected chi connectivity index (χ1v) is 4.13. The van der Waals surface area contributed by atoms with Gasteiger partial charge in [0.05, 0.1) is 0 Å². The van der Waals surface area contributed by atoms with E-state index in [0.717, 1.165) is 0 Å². The lowest BCUT2D eigenvalue weighted by Gasteiger charge is -1.86. The Labute approximate surface area is 75.6 Å². The molecule has 0 spiro atoms. The fourth-order valence-corrected chi connectivity index (χ4v) is 0.603. The maximum Gasteiger partial charge on any atom is 0.127 e. The van der Waals surface area contributed by atoms with Crippen molar-refractivity contribution >= 4 is 15.9 Å². The second kappa shape index (κ2) is 7.51. The van der Waals surface area contributed by atoms with Crippen LogP contribution >= 0.6 is 15.9 Å². The van der Waals surface area contributed by atoms with E-state index in [2.05, 4.69) is 22.5 Å². The topological polar surface area (TPSA) is 20.2 Å². The molecule has 0 heterocycles. The number of halogens is 1. The summed E-state index contributed by atoms with van der Waals surface area (Å²) in [6, 6.07) is 0. The third-order valence-electron chi connectivity index (χ3n) is 0.850. The zero-order valence-corrected chi connectivity index (χ0v) is 7.74. The maximum atomic E-state index is 8.72. The highest BCUT2D eigenvalue weighted by molar-refractivity contribution is 9.09. The zero-order valence-electron chi connectivity index (χ0n) is 6.15. The lowest BCUT2D eigenvalue weighted by atomic mass is 10.4. The number of hydrogen-bond acceptors (Lipinski definition) is 1. The molecule has 0 saturated carbocycles. The Kier molecular flexibility index (Phi) is 7.10. The molecule has 1 nitrogen and oxygen atoms in total. The molecule has 0 aromatic heterocycles. The van der Waals surface area contributed by atoms with E-state index < -0.39 is 5.01 Å². The van der Waals surface area contributed by atoms with Crippen LogP contribution in [0.4, 0.5) is 0 Å². The maximum absolute atomic E-state index is 8.72. The van der Waals surface area contributed by atoms with Crippen LogP contribution in [0.3, 0.4) is 0 Å². The third kappa shape index (κ3) is 9.40. The van der Waals surface area contributed by atoms with Crippen LogP contribution in [0.25, 0.3) is 0 Å². The van der Waals surface area contributed by atoms with Crippen molar-refractivity contribution in [3.8, 4) is 0 Å². The molecule has 60 valence electrons. The van der Waals surface area contributed by atoms with Crippen LogP contribution in [-0.4, -0.2) is 10.1 Å². The number of rotatable bonds is 4. The fourth-order valence-electron chi connectivity index (χ4n) is 0.427. The number of aliphatic hydroxyl groups excluding tert-OH is 1. The van der Waals surface area contributed by atoms with Crippen molar-refractivity contribution in [2.24, 2.45) is 0 Å². The quantitative estimate of drug-likeness (QED) is 0.564. The second-order valence-corrected chi connectivity index (χ2v) is 2.70. The van der Waals surface area contributed by atoms with Gasteiger partial charge in [0.25, 0.3) is 0 Å². The summed E-state index contributed by atoms with van der Waals surface area (Å²) in [4.78, 5) is 0. The standard InChI is InChI=1S/C9H11BrO/c1-2-3-4-5-6-7-8-9(10)11/h2-9,11H,1H2/b4-3+,6-5+,8-7+. The van der Waals surface area contributed by atoms with Gasteiger partial charge in [-0.2, -0.15) is 0 Å². The molecule has 1 unspecified atom stereocenters. The second-order valence-electron chi connectivity index (χ2n) is 1.76. The lowest BCUT2D eigenvalue weighted by Crippen LogP contribution is -1.84. The van der Waals surface area contributed by atoms with Gasteiger partial charge in [-0.05, 0) is 6.08 Å². The van der Waals surface area contributed by atoms with Crippen LogP contribution in [0.2, 0.25) is 0 Å². The van der Waals surface area contributed by atoms with Crippen molar-refractivity contribution in [2.75, 3.05) is 0 Å². The van der Waals surface area contributed by atoms with Gasteiger partial charge < -0.3 is 5.11 Å². The molecular weight excluding hydrogens is 204 g/mol. The van der Waals surface area contributed by atoms with E-state index in [4.69, 9.17) is 5.11 Å². The van der Waals surface area contributed by atoms with Gasteiger partial charge in [-0.3, -0.25) is 0 Å². The highest BCUT2D eigenvalue weighted by atomic mass is 79.9. The lowest BCUT2D eigenvalue weighted by molar-refractivity contribution is 0.316. The minimum absolute atomic E-state index is 0.560. The summed E-state index contributed by atoms with van der Waals surface area (Å²) in [6.45, 7) is 3.52. The summed E-state index contributed by atoms with van der Waals surface area (Å²) >= 11 is 2.96. The Morgan fingerprint density at radius 2 is 1.64 bits per heavy atom. The average molecular weight is 215 g/mol. The molecule has 1 atom stereocenters. The van der Waals surface area contributed by atoms with Gasteiger partial charge in [-0.15, -0.1) is 0 Å². The van der Waals surface area contributed by atoms with Crippen LogP contribution in [0, 0.1) is 0 Å². The molecule has 0 aliphatic heterocycles. The van der Waals surface area contributed by atoms with Crippen LogP contribution in [-0.2, 0) is 0 Å². The van der Waals surface area contributed by atoms with Crippen LogP contribution in [0.1, 0.15) is 0 Å². The first-order valence-electron chi connectivity index (χ1n) is 3.22. The van der Waals surface area contributed by atoms with Gasteiger partial charge in [0, 0.05) is 0 Å². The van der Waals surface area contributed by atoms with E-state index in [1.165, 1.54) is 0 Å². The van der Waals surface area contributed by atoms with Gasteiger partial charge in [0.1, 0.15) is 5.01 Å². The summed E-state index contributed by atoms with van der Waals surface area (Å²) < 4.78 is 0. The minimum atomic E-state index is -0.560. The molecule has 0 rings (SSSR count). The Morgan fingerprint density at radius 1 is 1.09 bits per heavy atom. The monoisotopic (exact) mass is 214 g/mol. The van der Waals surface area contributed by atoms with Gasteiger partial charge in [-0.25, -0.2) is 0 Å². The van der Waals surface area contributed by atoms with E-state index in [9.17, 15) is 0 Å². The molecule has 11 heavy (non-hydrogen) atoms. The van der Waals surface area contributed by atoms with Crippen LogP contribution in [0.5, 0.6) is 0 Å². The van der Waals surface area contributed by atoms with Crippen molar-refractivity contribution in [2.45, 2.75) is 5.01 Å². The zero-order chi connectivity index (χ0) is 8.53. The molecule has 0 bridgehead atoms. The molecule has 0 aromatic carbocycles. The Morgan fingerprint density at radius 3 is 2.18 bits per heavy atom. The fraction of sp³-hybridized carbons (Fsp3) is 0.111. The predicted octanol–water partition coefficient (Wildman–Crippen LogP) is 2.55. The van der Waals surface area contributed by atoms with E-state index in [1.54, 1.807) is 18.2 Å². The third-order valence-corrected chi connectivity index (χ3v) is 1.16. The summed E-state index contributed by atoms with van der Waals surface area (Å²) in [6.07, 6.45) is 12.4. The van der Waals surface area contributed by atoms with Gasteiger partial charge in [0.2, 0.25) is 0 Å². The predicted molar refractivity (Wildman–Crippen MR) is 52.6 cm³/mol. The molecule has 1 N–H and O–H groups in total. The number of allylic oxidation sites excluding steroid dienone is 6. The summed E-state index contributed by atoms with van der Waals surface area (Å²) in [5, 5.41) is 8.16. The molecule has 0 amide bonds. The van der Waals surface area contributed by atoms with E-state index >= 15 is 0 Å². The van der Waals surface area contributed by atoms with Crippen molar-refractivity contribution in [1.82, 2.24) is 0 Å². The molecule has 0 radical (unpaired) electrons. The highest BCUT2D eigenvalue weighted by Crippen LogP contribution is 1.94. The smallest absolute Gasteiger partial charge is 0.127 e. The Bertz CT molecular complexity index is 178. The molecule has 0 aliphatic carbocycles. The summed E-state index contributed by atoms with van der Waals surface area (Å²) in [7, 11) is 0. The molecular formula is C9H11BrO. The first kappa shape index (κ1) is 10.4. The van der Waals surface area contributed by atoms with Crippen molar-refractivity contribution in [3.05, 3.63) is 49.1 Å². The minimum Gasteiger partial charge on any atom is -0.378 e. The summed E-state index contributed by atoms with van der Waals surface area (Å²) in [5.74, 6) is 0. The molecule has 0 fully saturated rings. The number of hydrogen-bond donors (Lipinski definition) is 1. The summed E-state index contributed by atoms with van der Waals surface area (Å²) in [5.41, 5.74) is 0. The van der Waals surface area contributed by atoms with Crippen molar-refractivity contribution in [1.29, 1.82) is 0 Å². The first-order chi connectivity index (χ1) is 5.27. The van der Waals surface area contributed by atoms with E-state index in [0.29, 0.717) is 0 Å². The molecule has 0 aliphatic rings. The van der Waals surface area contributed by atoms with Gasteiger partial charge in [0.15, 0.2) is 0 Å². The molecule has 0 aromatic rings. The average Bonchev–Trinajstić information content (AvgIpc) is 1.96. The van der Waals surface area contributed by atoms with Crippen LogP contribution in [0.15, 0.2) is 49.1 Å². The van der Waals surface area contributed by atoms with E-state index in [1.807, 2.05) is 24.3 Å². The van der Waals surface area contributed by atoms with Crippen LogP contribution < -0.4 is 0 Å². The van der Waals surface area contributed by atoms with Crippen molar-refractivity contribution < 1.29 is 5.11 Å². The Balaban J connectivity index is 3.59. The molecule has 2 heteroatoms.